The van der Waals surface area contributed by atoms with Crippen LogP contribution in [0.5, 0.6) is 11.5 Å². The van der Waals surface area contributed by atoms with Gasteiger partial charge < -0.3 is 14.6 Å². The van der Waals surface area contributed by atoms with E-state index in [2.05, 4.69) is 0 Å². The first-order valence-electron chi connectivity index (χ1n) is 6.36. The van der Waals surface area contributed by atoms with Gasteiger partial charge in [0.05, 0.1) is 20.3 Å². The lowest BCUT2D eigenvalue weighted by atomic mass is 10.0. The van der Waals surface area contributed by atoms with Gasteiger partial charge in [0, 0.05) is 12.0 Å². The van der Waals surface area contributed by atoms with Gasteiger partial charge in [-0.3, -0.25) is 0 Å². The molecule has 0 heterocycles. The summed E-state index contributed by atoms with van der Waals surface area (Å²) in [5.74, 6) is 0.649. The number of rotatable bonds is 6. The zero-order valence-electron chi connectivity index (χ0n) is 11.3. The first-order chi connectivity index (χ1) is 9.72. The minimum absolute atomic E-state index is 0.0531. The quantitative estimate of drug-likeness (QED) is 0.881. The first kappa shape index (κ1) is 14.3. The highest BCUT2D eigenvalue weighted by Crippen LogP contribution is 2.22. The molecule has 0 bridgehead atoms. The van der Waals surface area contributed by atoms with Gasteiger partial charge in [0.1, 0.15) is 17.3 Å². The van der Waals surface area contributed by atoms with Crippen molar-refractivity contribution in [3.8, 4) is 11.5 Å². The molecule has 0 radical (unpaired) electrons. The molecule has 0 saturated carbocycles. The smallest absolute Gasteiger partial charge is 0.126 e. The van der Waals surface area contributed by atoms with Gasteiger partial charge in [-0.05, 0) is 29.8 Å². The second-order valence-corrected chi connectivity index (χ2v) is 4.42. The predicted octanol–water partition coefficient (Wildman–Crippen LogP) is 2.99. The van der Waals surface area contributed by atoms with Crippen molar-refractivity contribution < 1.29 is 19.0 Å². The number of ether oxygens (including phenoxy) is 2. The standard InChI is InChI=1S/C16H17FO3/c1-19-15-6-2-4-12(8-15)13(10-18)11-20-16-7-3-5-14(17)9-16/h2-9,13,18H,10-11H2,1H3. The summed E-state index contributed by atoms with van der Waals surface area (Å²) in [5.41, 5.74) is 0.920. The average molecular weight is 276 g/mol. The SMILES string of the molecule is COc1cccc(C(CO)COc2cccc(F)c2)c1. The van der Waals surface area contributed by atoms with Crippen LogP contribution in [0.3, 0.4) is 0 Å². The molecule has 106 valence electrons. The van der Waals surface area contributed by atoms with Gasteiger partial charge in [-0.2, -0.15) is 0 Å². The summed E-state index contributed by atoms with van der Waals surface area (Å²) in [5, 5.41) is 9.48. The molecular formula is C16H17FO3. The van der Waals surface area contributed by atoms with E-state index in [4.69, 9.17) is 9.47 Å². The summed E-state index contributed by atoms with van der Waals surface area (Å²) >= 11 is 0. The van der Waals surface area contributed by atoms with Crippen molar-refractivity contribution >= 4 is 0 Å². The molecule has 0 aromatic heterocycles. The van der Waals surface area contributed by atoms with Gasteiger partial charge in [0.25, 0.3) is 0 Å². The van der Waals surface area contributed by atoms with Crippen LogP contribution in [0.25, 0.3) is 0 Å². The first-order valence-corrected chi connectivity index (χ1v) is 6.36. The molecule has 0 aliphatic rings. The fraction of sp³-hybridized carbons (Fsp3) is 0.250. The lowest BCUT2D eigenvalue weighted by Gasteiger charge is -2.16. The second-order valence-electron chi connectivity index (χ2n) is 4.42. The molecule has 1 unspecified atom stereocenters. The van der Waals surface area contributed by atoms with Gasteiger partial charge in [0.15, 0.2) is 0 Å². The maximum Gasteiger partial charge on any atom is 0.126 e. The molecule has 0 spiro atoms. The van der Waals surface area contributed by atoms with Crippen LogP contribution in [0.4, 0.5) is 4.39 Å². The number of aliphatic hydroxyl groups excluding tert-OH is 1. The Morgan fingerprint density at radius 1 is 1.10 bits per heavy atom. The summed E-state index contributed by atoms with van der Waals surface area (Å²) in [6.45, 7) is 0.218. The molecule has 1 atom stereocenters. The molecule has 3 nitrogen and oxygen atoms in total. The van der Waals surface area contributed by atoms with Crippen LogP contribution in [-0.2, 0) is 0 Å². The summed E-state index contributed by atoms with van der Waals surface area (Å²) in [6, 6.07) is 13.4. The molecule has 2 aromatic rings. The van der Waals surface area contributed by atoms with E-state index < -0.39 is 0 Å². The van der Waals surface area contributed by atoms with Crippen molar-refractivity contribution in [3.05, 3.63) is 59.9 Å². The van der Waals surface area contributed by atoms with Crippen LogP contribution in [0.1, 0.15) is 11.5 Å². The number of benzene rings is 2. The Morgan fingerprint density at radius 3 is 2.55 bits per heavy atom. The Labute approximate surface area is 117 Å². The Kier molecular flexibility index (Phi) is 4.96. The van der Waals surface area contributed by atoms with Crippen LogP contribution >= 0.6 is 0 Å². The molecule has 1 N–H and O–H groups in total. The summed E-state index contributed by atoms with van der Waals surface area (Å²) in [7, 11) is 1.59. The van der Waals surface area contributed by atoms with Crippen molar-refractivity contribution in [3.63, 3.8) is 0 Å². The Balaban J connectivity index is 2.05. The van der Waals surface area contributed by atoms with Gasteiger partial charge in [-0.25, -0.2) is 4.39 Å². The van der Waals surface area contributed by atoms with Gasteiger partial charge >= 0.3 is 0 Å². The Hall–Kier alpha value is -2.07. The zero-order chi connectivity index (χ0) is 14.4. The van der Waals surface area contributed by atoms with Crippen LogP contribution in [0.2, 0.25) is 0 Å². The Bertz CT molecular complexity index is 557. The summed E-state index contributed by atoms with van der Waals surface area (Å²) in [4.78, 5) is 0. The molecule has 4 heteroatoms. The van der Waals surface area contributed by atoms with E-state index in [1.807, 2.05) is 24.3 Å². The van der Waals surface area contributed by atoms with E-state index in [0.717, 1.165) is 11.3 Å². The predicted molar refractivity (Wildman–Crippen MR) is 74.7 cm³/mol. The highest BCUT2D eigenvalue weighted by Gasteiger charge is 2.12. The zero-order valence-corrected chi connectivity index (χ0v) is 11.3. The van der Waals surface area contributed by atoms with Crippen LogP contribution in [-0.4, -0.2) is 25.4 Å². The second kappa shape index (κ2) is 6.91. The molecule has 0 fully saturated rings. The maximum absolute atomic E-state index is 13.0. The third-order valence-electron chi connectivity index (χ3n) is 3.03. The molecule has 0 amide bonds. The topological polar surface area (TPSA) is 38.7 Å². The minimum atomic E-state index is -0.343. The molecule has 20 heavy (non-hydrogen) atoms. The van der Waals surface area contributed by atoms with Crippen molar-refractivity contribution in [2.45, 2.75) is 5.92 Å². The van der Waals surface area contributed by atoms with Crippen molar-refractivity contribution in [2.24, 2.45) is 0 Å². The minimum Gasteiger partial charge on any atom is -0.497 e. The highest BCUT2D eigenvalue weighted by molar-refractivity contribution is 5.31. The fourth-order valence-corrected chi connectivity index (χ4v) is 1.90. The molecular weight excluding hydrogens is 259 g/mol. The summed E-state index contributed by atoms with van der Waals surface area (Å²) < 4.78 is 23.7. The average Bonchev–Trinajstić information content (AvgIpc) is 2.48. The van der Waals surface area contributed by atoms with Gasteiger partial charge in [-0.1, -0.05) is 18.2 Å². The number of hydrogen-bond acceptors (Lipinski definition) is 3. The lowest BCUT2D eigenvalue weighted by Crippen LogP contribution is -2.14. The molecule has 0 saturated heterocycles. The number of halogens is 1. The lowest BCUT2D eigenvalue weighted by molar-refractivity contribution is 0.204. The van der Waals surface area contributed by atoms with Crippen LogP contribution < -0.4 is 9.47 Å². The number of hydrogen-bond donors (Lipinski definition) is 1. The van der Waals surface area contributed by atoms with Gasteiger partial charge in [-0.15, -0.1) is 0 Å². The maximum atomic E-state index is 13.0. The van der Waals surface area contributed by atoms with E-state index in [0.29, 0.717) is 5.75 Å². The molecule has 0 aliphatic heterocycles. The van der Waals surface area contributed by atoms with E-state index in [9.17, 15) is 9.50 Å². The third kappa shape index (κ3) is 3.71. The van der Waals surface area contributed by atoms with Crippen LogP contribution in [0.15, 0.2) is 48.5 Å². The van der Waals surface area contributed by atoms with Crippen LogP contribution in [0, 0.1) is 5.82 Å². The number of aliphatic hydroxyl groups is 1. The van der Waals surface area contributed by atoms with Crippen molar-refractivity contribution in [1.82, 2.24) is 0 Å². The molecule has 2 aromatic carbocycles. The van der Waals surface area contributed by atoms with E-state index in [-0.39, 0.29) is 24.9 Å². The monoisotopic (exact) mass is 276 g/mol. The normalized spacial score (nSPS) is 11.9. The fourth-order valence-electron chi connectivity index (χ4n) is 1.90. The van der Waals surface area contributed by atoms with E-state index in [1.54, 1.807) is 19.2 Å². The summed E-state index contributed by atoms with van der Waals surface area (Å²) in [6.07, 6.45) is 0. The Morgan fingerprint density at radius 2 is 1.85 bits per heavy atom. The highest BCUT2D eigenvalue weighted by atomic mass is 19.1. The van der Waals surface area contributed by atoms with Crippen molar-refractivity contribution in [2.75, 3.05) is 20.3 Å². The van der Waals surface area contributed by atoms with Crippen molar-refractivity contribution in [1.29, 1.82) is 0 Å². The molecule has 2 rings (SSSR count). The van der Waals surface area contributed by atoms with E-state index in [1.165, 1.54) is 12.1 Å². The van der Waals surface area contributed by atoms with E-state index >= 15 is 0 Å². The molecule has 0 aliphatic carbocycles. The largest absolute Gasteiger partial charge is 0.497 e. The number of methoxy groups -OCH3 is 1. The van der Waals surface area contributed by atoms with Gasteiger partial charge in [0.2, 0.25) is 0 Å². The third-order valence-corrected chi connectivity index (χ3v) is 3.03.